The van der Waals surface area contributed by atoms with E-state index in [1.165, 1.54) is 11.3 Å². The Morgan fingerprint density at radius 3 is 3.00 bits per heavy atom. The van der Waals surface area contributed by atoms with E-state index in [4.69, 9.17) is 5.73 Å². The van der Waals surface area contributed by atoms with Crippen LogP contribution in [0.5, 0.6) is 0 Å². The lowest BCUT2D eigenvalue weighted by atomic mass is 10.3. The molecule has 4 N–H and O–H groups in total. The molecule has 1 atom stereocenters. The summed E-state index contributed by atoms with van der Waals surface area (Å²) in [6.07, 6.45) is 0. The van der Waals surface area contributed by atoms with E-state index < -0.39 is 0 Å². The first-order chi connectivity index (χ1) is 8.10. The van der Waals surface area contributed by atoms with E-state index in [-0.39, 0.29) is 11.9 Å². The van der Waals surface area contributed by atoms with Crippen molar-refractivity contribution in [3.8, 4) is 0 Å². The molecule has 0 bridgehead atoms. The van der Waals surface area contributed by atoms with Crippen molar-refractivity contribution in [2.75, 3.05) is 18.1 Å². The number of nitrogens with zero attached hydrogens (tertiary/aromatic N) is 1. The third-order valence-electron chi connectivity index (χ3n) is 2.39. The van der Waals surface area contributed by atoms with Crippen molar-refractivity contribution < 1.29 is 4.79 Å². The van der Waals surface area contributed by atoms with Crippen molar-refractivity contribution in [1.82, 2.24) is 10.3 Å². The SMILES string of the molecule is CNC(=O)C(C)Nc1nc2ccc(N)cc2s1. The molecule has 1 aromatic heterocycles. The lowest BCUT2D eigenvalue weighted by Crippen LogP contribution is -2.35. The zero-order valence-corrected chi connectivity index (χ0v) is 10.5. The van der Waals surface area contributed by atoms with Gasteiger partial charge in [-0.05, 0) is 25.1 Å². The van der Waals surface area contributed by atoms with E-state index in [9.17, 15) is 4.79 Å². The third kappa shape index (κ3) is 2.47. The number of likely N-dealkylation sites (N-methyl/N-ethyl adjacent to an activating group) is 1. The average Bonchev–Trinajstić information content (AvgIpc) is 2.69. The molecule has 17 heavy (non-hydrogen) atoms. The van der Waals surface area contributed by atoms with Gasteiger partial charge >= 0.3 is 0 Å². The minimum absolute atomic E-state index is 0.0660. The van der Waals surface area contributed by atoms with Crippen LogP contribution in [0.25, 0.3) is 10.2 Å². The molecule has 1 amide bonds. The van der Waals surface area contributed by atoms with Gasteiger partial charge in [0.25, 0.3) is 0 Å². The Morgan fingerprint density at radius 1 is 1.53 bits per heavy atom. The first-order valence-corrected chi connectivity index (χ1v) is 6.06. The van der Waals surface area contributed by atoms with Crippen molar-refractivity contribution in [3.05, 3.63) is 18.2 Å². The Labute approximate surface area is 103 Å². The number of carbonyl (C=O) groups is 1. The van der Waals surface area contributed by atoms with Gasteiger partial charge in [0.05, 0.1) is 10.2 Å². The van der Waals surface area contributed by atoms with Gasteiger partial charge in [-0.15, -0.1) is 0 Å². The predicted octanol–water partition coefficient (Wildman–Crippen LogP) is 1.42. The van der Waals surface area contributed by atoms with Crippen LogP contribution < -0.4 is 16.4 Å². The van der Waals surface area contributed by atoms with E-state index in [2.05, 4.69) is 15.6 Å². The van der Waals surface area contributed by atoms with Crippen molar-refractivity contribution in [1.29, 1.82) is 0 Å². The number of nitrogen functional groups attached to an aromatic ring is 1. The van der Waals surface area contributed by atoms with Crippen LogP contribution in [0.15, 0.2) is 18.2 Å². The van der Waals surface area contributed by atoms with Gasteiger partial charge < -0.3 is 16.4 Å². The molecule has 0 spiro atoms. The summed E-state index contributed by atoms with van der Waals surface area (Å²) < 4.78 is 1.01. The van der Waals surface area contributed by atoms with Crippen LogP contribution >= 0.6 is 11.3 Å². The van der Waals surface area contributed by atoms with Gasteiger partial charge in [0.1, 0.15) is 6.04 Å². The topological polar surface area (TPSA) is 80.0 Å². The molecular formula is C11H14N4OS. The molecular weight excluding hydrogens is 236 g/mol. The number of thiazole rings is 1. The molecule has 6 heteroatoms. The van der Waals surface area contributed by atoms with E-state index in [1.54, 1.807) is 14.0 Å². The van der Waals surface area contributed by atoms with Gasteiger partial charge in [-0.3, -0.25) is 4.79 Å². The van der Waals surface area contributed by atoms with Crippen molar-refractivity contribution in [2.24, 2.45) is 0 Å². The van der Waals surface area contributed by atoms with E-state index in [0.717, 1.165) is 15.3 Å². The maximum absolute atomic E-state index is 11.4. The van der Waals surface area contributed by atoms with E-state index >= 15 is 0 Å². The number of hydrogen-bond acceptors (Lipinski definition) is 5. The first-order valence-electron chi connectivity index (χ1n) is 5.24. The summed E-state index contributed by atoms with van der Waals surface area (Å²) >= 11 is 1.49. The predicted molar refractivity (Wildman–Crippen MR) is 71.2 cm³/mol. The number of hydrogen-bond donors (Lipinski definition) is 3. The smallest absolute Gasteiger partial charge is 0.242 e. The third-order valence-corrected chi connectivity index (χ3v) is 3.34. The van der Waals surface area contributed by atoms with E-state index in [1.807, 2.05) is 18.2 Å². The lowest BCUT2D eigenvalue weighted by Gasteiger charge is -2.10. The zero-order chi connectivity index (χ0) is 12.4. The highest BCUT2D eigenvalue weighted by Gasteiger charge is 2.12. The molecule has 0 aliphatic carbocycles. The molecule has 2 rings (SSSR count). The summed E-state index contributed by atoms with van der Waals surface area (Å²) in [4.78, 5) is 15.8. The second-order valence-electron chi connectivity index (χ2n) is 3.73. The number of nitrogens with one attached hydrogen (secondary N) is 2. The molecule has 2 aromatic rings. The van der Waals surface area contributed by atoms with Gasteiger partial charge in [-0.1, -0.05) is 11.3 Å². The Kier molecular flexibility index (Phi) is 3.14. The molecule has 0 aliphatic rings. The number of amides is 1. The number of fused-ring (bicyclic) bond motifs is 1. The number of benzene rings is 1. The second-order valence-corrected chi connectivity index (χ2v) is 4.76. The molecule has 1 unspecified atom stereocenters. The van der Waals surface area contributed by atoms with Crippen molar-refractivity contribution in [3.63, 3.8) is 0 Å². The molecule has 1 heterocycles. The molecule has 0 saturated carbocycles. The summed E-state index contributed by atoms with van der Waals surface area (Å²) in [5, 5.41) is 6.36. The fourth-order valence-electron chi connectivity index (χ4n) is 1.47. The maximum Gasteiger partial charge on any atom is 0.242 e. The summed E-state index contributed by atoms with van der Waals surface area (Å²) in [5.74, 6) is -0.0660. The van der Waals surface area contributed by atoms with Gasteiger partial charge in [0.2, 0.25) is 5.91 Å². The Balaban J connectivity index is 2.22. The van der Waals surface area contributed by atoms with Crippen LogP contribution in [0.4, 0.5) is 10.8 Å². The van der Waals surface area contributed by atoms with Crippen LogP contribution in [0, 0.1) is 0 Å². The molecule has 0 radical (unpaired) electrons. The van der Waals surface area contributed by atoms with Crippen LogP contribution in [-0.2, 0) is 4.79 Å². The van der Waals surface area contributed by atoms with Crippen LogP contribution in [-0.4, -0.2) is 24.0 Å². The Hall–Kier alpha value is -1.82. The van der Waals surface area contributed by atoms with Gasteiger partial charge in [0.15, 0.2) is 5.13 Å². The molecule has 90 valence electrons. The largest absolute Gasteiger partial charge is 0.399 e. The summed E-state index contributed by atoms with van der Waals surface area (Å²) in [6.45, 7) is 1.79. The van der Waals surface area contributed by atoms with Crippen molar-refractivity contribution in [2.45, 2.75) is 13.0 Å². The lowest BCUT2D eigenvalue weighted by molar-refractivity contribution is -0.121. The monoisotopic (exact) mass is 250 g/mol. The molecule has 1 aromatic carbocycles. The van der Waals surface area contributed by atoms with Gasteiger partial charge in [-0.2, -0.15) is 0 Å². The quantitative estimate of drug-likeness (QED) is 0.720. The molecule has 0 aliphatic heterocycles. The standard InChI is InChI=1S/C11H14N4OS/c1-6(10(16)13-2)14-11-15-8-4-3-7(12)5-9(8)17-11/h3-6H,12H2,1-2H3,(H,13,16)(H,14,15). The minimum atomic E-state index is -0.307. The number of rotatable bonds is 3. The Bertz CT molecular complexity index is 551. The highest BCUT2D eigenvalue weighted by Crippen LogP contribution is 2.27. The number of nitrogens with two attached hydrogens (primary N) is 1. The van der Waals surface area contributed by atoms with Crippen LogP contribution in [0.1, 0.15) is 6.92 Å². The highest BCUT2D eigenvalue weighted by atomic mass is 32.1. The number of aromatic nitrogens is 1. The summed E-state index contributed by atoms with van der Waals surface area (Å²) in [6, 6.07) is 5.26. The maximum atomic E-state index is 11.4. The first kappa shape index (κ1) is 11.7. The summed E-state index contributed by atoms with van der Waals surface area (Å²) in [5.41, 5.74) is 7.30. The van der Waals surface area contributed by atoms with Crippen LogP contribution in [0.3, 0.4) is 0 Å². The Morgan fingerprint density at radius 2 is 2.29 bits per heavy atom. The number of anilines is 2. The second kappa shape index (κ2) is 4.58. The fourth-order valence-corrected chi connectivity index (χ4v) is 2.47. The van der Waals surface area contributed by atoms with Gasteiger partial charge in [0, 0.05) is 12.7 Å². The molecule has 5 nitrogen and oxygen atoms in total. The normalized spacial score (nSPS) is 12.4. The molecule has 0 saturated heterocycles. The van der Waals surface area contributed by atoms with Crippen molar-refractivity contribution >= 4 is 38.3 Å². The van der Waals surface area contributed by atoms with Crippen LogP contribution in [0.2, 0.25) is 0 Å². The summed E-state index contributed by atoms with van der Waals surface area (Å²) in [7, 11) is 1.61. The number of carbonyl (C=O) groups excluding carboxylic acids is 1. The zero-order valence-electron chi connectivity index (χ0n) is 9.65. The average molecular weight is 250 g/mol. The minimum Gasteiger partial charge on any atom is -0.399 e. The van der Waals surface area contributed by atoms with E-state index in [0.29, 0.717) is 5.69 Å². The van der Waals surface area contributed by atoms with Gasteiger partial charge in [-0.25, -0.2) is 4.98 Å². The highest BCUT2D eigenvalue weighted by molar-refractivity contribution is 7.22. The fraction of sp³-hybridized carbons (Fsp3) is 0.273. The molecule has 0 fully saturated rings.